The van der Waals surface area contributed by atoms with E-state index in [2.05, 4.69) is 322 Å². The molecule has 9 aromatic carbocycles. The summed E-state index contributed by atoms with van der Waals surface area (Å²) in [6.07, 6.45) is 12.1. The summed E-state index contributed by atoms with van der Waals surface area (Å²) in [5.41, 5.74) is 20.0. The number of benzene rings is 9. The molecule has 15 rings (SSSR count). The van der Waals surface area contributed by atoms with Crippen LogP contribution in [0.4, 0.5) is 21.6 Å². The zero-order valence-electron chi connectivity index (χ0n) is 74.0. The van der Waals surface area contributed by atoms with Gasteiger partial charge in [0.15, 0.2) is 13.2 Å². The number of hydrogen-bond acceptors (Lipinski definition) is 3. The van der Waals surface area contributed by atoms with Gasteiger partial charge in [-0.1, -0.05) is 242 Å². The Morgan fingerprint density at radius 3 is 1.42 bits per heavy atom. The number of hydrogen-bond donors (Lipinski definition) is 0. The van der Waals surface area contributed by atoms with Crippen LogP contribution in [-0.4, -0.2) is 37.4 Å². The van der Waals surface area contributed by atoms with Crippen molar-refractivity contribution in [2.45, 2.75) is 167 Å². The summed E-state index contributed by atoms with van der Waals surface area (Å²) in [6, 6.07) is 76.5. The molecule has 1 saturated heterocycles. The second kappa shape index (κ2) is 35.1. The van der Waals surface area contributed by atoms with Crippen molar-refractivity contribution >= 4 is 17.2 Å². The van der Waals surface area contributed by atoms with Crippen LogP contribution in [-0.2, 0) is 26.6 Å². The Balaban J connectivity index is 0.000000172. The molecule has 10 heteroatoms. The van der Waals surface area contributed by atoms with E-state index >= 15 is 0 Å². The van der Waals surface area contributed by atoms with E-state index in [1.807, 2.05) is 70.7 Å². The highest BCUT2D eigenvalue weighted by atomic mass is 19.1. The van der Waals surface area contributed by atoms with Crippen LogP contribution in [0, 0.1) is 45.9 Å². The third kappa shape index (κ3) is 18.4. The van der Waals surface area contributed by atoms with Gasteiger partial charge in [-0.05, 0) is 183 Å². The van der Waals surface area contributed by atoms with E-state index in [4.69, 9.17) is 11.0 Å². The SMILES string of the molecule is C.C.Cc1cc(F)ccc1-c1n(-c2c(-c3ccccc3)cc(C(C)C)cc2-c2ccccc2)cc[n+]1C.Cc1ccccc1-c1n(-c2c(C(C)C)cccc2C(C)C)cc[n+]1C.Cc1ccccc1-n1ccc[n+]1C.Cc1ccccc1N1CC(C)(C)c2cccnc21.[2H]C([2H])([2H])C1(C([2H])([2H])[2H])CN(c2ccccc2C)C(C)(C)C1([2H])[2H]. The van der Waals surface area contributed by atoms with Gasteiger partial charge in [-0.25, -0.2) is 18.5 Å². The number of aromatic nitrogens is 7. The molecule has 9 nitrogen and oxygen atoms in total. The molecular formula is C99H121FN9+3. The molecule has 0 aliphatic carbocycles. The number of fused-ring (bicyclic) bond motifs is 1. The maximum Gasteiger partial charge on any atom is 0.294 e. The first-order chi connectivity index (χ1) is 54.3. The molecule has 566 valence electrons. The Bertz CT molecular complexity index is 5430. The zero-order chi connectivity index (χ0) is 83.4. The molecule has 0 unspecified atom stereocenters. The molecule has 0 radical (unpaired) electrons. The van der Waals surface area contributed by atoms with Crippen molar-refractivity contribution in [2.24, 2.45) is 26.6 Å². The van der Waals surface area contributed by atoms with Crippen molar-refractivity contribution in [1.29, 1.82) is 0 Å². The summed E-state index contributed by atoms with van der Waals surface area (Å²) in [5, 5.41) is 0. The molecule has 0 bridgehead atoms. The lowest BCUT2D eigenvalue weighted by Gasteiger charge is -2.34. The molecule has 4 aromatic heterocycles. The van der Waals surface area contributed by atoms with Crippen molar-refractivity contribution in [3.63, 3.8) is 0 Å². The third-order valence-corrected chi connectivity index (χ3v) is 20.6. The Labute approximate surface area is 664 Å². The normalized spacial score (nSPS) is 15.3. The number of pyridine rings is 1. The standard InChI is InChI=1S/C32H30FN2.C23H29N2.C16H18N2.C15H23N.C11H13N2.2CH4/c1-22(2)26-20-29(24-11-7-5-8-12-24)31(30(21-26)25-13-9-6-10-14-25)35-18-17-34(4)32(35)28-16-15-27(33)19-23(28)3;1-16(2)19-12-9-13-20(17(3)4)22(19)25-15-14-24(6)23(25)21-11-8-7-10-18(21)5;1-12-7-4-5-9-14(12)18-11-16(2,3)13-8-6-10-17-15(13)18;1-12-8-6-7-9-13(12)16-11-14(2,3)10-15(16,4)5;1-10-6-3-4-7-11(10)13-9-5-8-12(13)2;;/h5-22H,1-4H3;7-17H,1-6H3;4-10H,11H2,1-3H3;6-9H,10-11H2,1-5H3;3-9H,1-2H3;2*1H4/q2*+1;;;+1;;/i;;;2D3,3D3,10D2;;;. The highest BCUT2D eigenvalue weighted by Gasteiger charge is 2.43. The molecule has 6 heterocycles. The van der Waals surface area contributed by atoms with E-state index in [1.165, 1.54) is 95.7 Å². The Kier molecular flexibility index (Phi) is 22.9. The second-order valence-corrected chi connectivity index (χ2v) is 30.7. The van der Waals surface area contributed by atoms with Gasteiger partial charge in [0.05, 0.1) is 31.4 Å². The van der Waals surface area contributed by atoms with Crippen LogP contribution in [0.15, 0.2) is 268 Å². The minimum absolute atomic E-state index is 0. The zero-order valence-corrected chi connectivity index (χ0v) is 66.0. The highest BCUT2D eigenvalue weighted by Crippen LogP contribution is 2.46. The molecule has 0 saturated carbocycles. The lowest BCUT2D eigenvalue weighted by Crippen LogP contribution is -2.38. The molecular weight excluding hydrogens is 1330 g/mol. The summed E-state index contributed by atoms with van der Waals surface area (Å²) in [7, 11) is 6.21. The highest BCUT2D eigenvalue weighted by molar-refractivity contribution is 5.87. The molecule has 0 atom stereocenters. The Morgan fingerprint density at radius 2 is 0.945 bits per heavy atom. The number of anilines is 3. The minimum Gasteiger partial charge on any atom is -0.366 e. The van der Waals surface area contributed by atoms with Gasteiger partial charge in [0.2, 0.25) is 0 Å². The summed E-state index contributed by atoms with van der Waals surface area (Å²) < 4.78 is 91.5. The van der Waals surface area contributed by atoms with E-state index < -0.39 is 37.6 Å². The summed E-state index contributed by atoms with van der Waals surface area (Å²) in [4.78, 5) is 8.52. The van der Waals surface area contributed by atoms with Gasteiger partial charge >= 0.3 is 0 Å². The quantitative estimate of drug-likeness (QED) is 0.115. The average Bonchev–Trinajstić information content (AvgIpc) is 1.51. The van der Waals surface area contributed by atoms with Gasteiger partial charge < -0.3 is 9.80 Å². The van der Waals surface area contributed by atoms with Crippen molar-refractivity contribution in [2.75, 3.05) is 22.9 Å². The molecule has 2 aliphatic rings. The van der Waals surface area contributed by atoms with E-state index in [-0.39, 0.29) is 26.1 Å². The van der Waals surface area contributed by atoms with Gasteiger partial charge in [-0.3, -0.25) is 0 Å². The minimum atomic E-state index is -2.98. The fourth-order valence-electron chi connectivity index (χ4n) is 14.9. The predicted octanol–water partition coefficient (Wildman–Crippen LogP) is 24.1. The monoisotopic (exact) mass is 1460 g/mol. The van der Waals surface area contributed by atoms with Crippen molar-refractivity contribution in [1.82, 2.24) is 18.8 Å². The maximum absolute atomic E-state index is 14.0. The summed E-state index contributed by atoms with van der Waals surface area (Å²) in [6.45, 7) is 26.2. The van der Waals surface area contributed by atoms with Crippen LogP contribution in [0.3, 0.4) is 0 Å². The lowest BCUT2D eigenvalue weighted by molar-refractivity contribution is -0.744. The predicted molar refractivity (Wildman–Crippen MR) is 459 cm³/mol. The molecule has 2 aliphatic heterocycles. The second-order valence-electron chi connectivity index (χ2n) is 30.7. The smallest absolute Gasteiger partial charge is 0.294 e. The molecule has 0 amide bonds. The largest absolute Gasteiger partial charge is 0.366 e. The number of rotatable bonds is 12. The van der Waals surface area contributed by atoms with E-state index in [0.29, 0.717) is 23.4 Å². The number of halogens is 1. The molecule has 0 N–H and O–H groups in total. The van der Waals surface area contributed by atoms with E-state index in [1.54, 1.807) is 36.9 Å². The van der Waals surface area contributed by atoms with Crippen LogP contribution in [0.5, 0.6) is 0 Å². The number of aryl methyl sites for hydroxylation is 8. The van der Waals surface area contributed by atoms with Crippen LogP contribution in [0.1, 0.15) is 183 Å². The number of imidazole rings is 2. The average molecular weight is 1460 g/mol. The van der Waals surface area contributed by atoms with Crippen LogP contribution < -0.4 is 23.6 Å². The van der Waals surface area contributed by atoms with Crippen LogP contribution >= 0.6 is 0 Å². The summed E-state index contributed by atoms with van der Waals surface area (Å²) in [5.74, 6) is 4.47. The third-order valence-electron chi connectivity index (χ3n) is 20.6. The Hall–Kier alpha value is -10.7. The molecule has 13 aromatic rings. The van der Waals surface area contributed by atoms with Gasteiger partial charge in [0.25, 0.3) is 11.6 Å². The van der Waals surface area contributed by atoms with Gasteiger partial charge in [0, 0.05) is 86.5 Å². The number of nitrogens with zero attached hydrogens (tertiary/aromatic N) is 9. The Morgan fingerprint density at radius 1 is 0.459 bits per heavy atom. The first-order valence-corrected chi connectivity index (χ1v) is 37.4. The van der Waals surface area contributed by atoms with Crippen molar-refractivity contribution in [3.8, 4) is 62.1 Å². The van der Waals surface area contributed by atoms with Crippen molar-refractivity contribution < 1.29 is 29.2 Å². The van der Waals surface area contributed by atoms with Gasteiger partial charge in [-0.2, -0.15) is 9.13 Å². The van der Waals surface area contributed by atoms with Gasteiger partial charge in [0.1, 0.15) is 53.5 Å². The molecule has 1 fully saturated rings. The number of para-hydroxylation sites is 4. The lowest BCUT2D eigenvalue weighted by atomic mass is 9.86. The van der Waals surface area contributed by atoms with E-state index in [9.17, 15) is 4.39 Å². The molecule has 109 heavy (non-hydrogen) atoms. The fourth-order valence-corrected chi connectivity index (χ4v) is 14.9. The van der Waals surface area contributed by atoms with E-state index in [0.717, 1.165) is 40.6 Å². The van der Waals surface area contributed by atoms with Crippen molar-refractivity contribution in [3.05, 3.63) is 324 Å². The first kappa shape index (κ1) is 71.2. The maximum atomic E-state index is 14.0. The first-order valence-electron chi connectivity index (χ1n) is 41.4. The summed E-state index contributed by atoms with van der Waals surface area (Å²) >= 11 is 0. The molecule has 0 spiro atoms. The van der Waals surface area contributed by atoms with Gasteiger partial charge in [-0.15, -0.1) is 9.36 Å². The van der Waals surface area contributed by atoms with Crippen LogP contribution in [0.2, 0.25) is 0 Å². The fraction of sp³-hybridized carbons (Fsp3) is 0.313. The topological polar surface area (TPSA) is 45.8 Å². The van der Waals surface area contributed by atoms with Crippen LogP contribution in [0.25, 0.3) is 62.1 Å².